The standard InChI is InChI=1S/C14H17NS/c1-2-11-5-7-12(8-6-11)14(15)10-13-4-3-9-16-13/h3-9,14H,2,10,15H2,1H3. The van der Waals surface area contributed by atoms with Gasteiger partial charge in [0.2, 0.25) is 0 Å². The molecule has 0 spiro atoms. The van der Waals surface area contributed by atoms with Crippen LogP contribution in [-0.4, -0.2) is 0 Å². The van der Waals surface area contributed by atoms with Gasteiger partial charge in [-0.05, 0) is 29.0 Å². The van der Waals surface area contributed by atoms with E-state index < -0.39 is 0 Å². The fourth-order valence-electron chi connectivity index (χ4n) is 1.76. The van der Waals surface area contributed by atoms with E-state index >= 15 is 0 Å². The van der Waals surface area contributed by atoms with Crippen LogP contribution in [0.4, 0.5) is 0 Å². The zero-order valence-electron chi connectivity index (χ0n) is 9.52. The molecule has 0 aliphatic heterocycles. The number of rotatable bonds is 4. The molecule has 2 rings (SSSR count). The first-order valence-electron chi connectivity index (χ1n) is 5.66. The van der Waals surface area contributed by atoms with E-state index in [0.29, 0.717) is 0 Å². The van der Waals surface area contributed by atoms with Crippen molar-refractivity contribution in [1.82, 2.24) is 0 Å². The summed E-state index contributed by atoms with van der Waals surface area (Å²) in [6.45, 7) is 2.17. The first-order valence-corrected chi connectivity index (χ1v) is 6.54. The third kappa shape index (κ3) is 2.71. The predicted molar refractivity (Wildman–Crippen MR) is 70.8 cm³/mol. The molecule has 1 aromatic heterocycles. The molecular formula is C14H17NS. The molecule has 1 aromatic carbocycles. The van der Waals surface area contributed by atoms with Gasteiger partial charge in [-0.25, -0.2) is 0 Å². The third-order valence-electron chi connectivity index (χ3n) is 2.82. The molecule has 0 fully saturated rings. The molecular weight excluding hydrogens is 214 g/mol. The van der Waals surface area contributed by atoms with Crippen molar-refractivity contribution in [1.29, 1.82) is 0 Å². The SMILES string of the molecule is CCc1ccc(C(N)Cc2cccs2)cc1. The van der Waals surface area contributed by atoms with Gasteiger partial charge in [-0.3, -0.25) is 0 Å². The van der Waals surface area contributed by atoms with Gasteiger partial charge in [0, 0.05) is 17.3 Å². The average Bonchev–Trinajstić information content (AvgIpc) is 2.82. The minimum absolute atomic E-state index is 0.115. The van der Waals surface area contributed by atoms with Crippen LogP contribution >= 0.6 is 11.3 Å². The van der Waals surface area contributed by atoms with Gasteiger partial charge < -0.3 is 5.73 Å². The summed E-state index contributed by atoms with van der Waals surface area (Å²) in [6.07, 6.45) is 2.02. The van der Waals surface area contributed by atoms with Gasteiger partial charge in [0.1, 0.15) is 0 Å². The van der Waals surface area contributed by atoms with Crippen molar-refractivity contribution >= 4 is 11.3 Å². The zero-order chi connectivity index (χ0) is 11.4. The molecule has 2 heteroatoms. The first-order chi connectivity index (χ1) is 7.79. The van der Waals surface area contributed by atoms with E-state index in [-0.39, 0.29) is 6.04 Å². The van der Waals surface area contributed by atoms with Gasteiger partial charge in [0.15, 0.2) is 0 Å². The highest BCUT2D eigenvalue weighted by molar-refractivity contribution is 7.09. The van der Waals surface area contributed by atoms with Crippen LogP contribution < -0.4 is 5.73 Å². The molecule has 0 amide bonds. The van der Waals surface area contributed by atoms with Crippen molar-refractivity contribution in [3.8, 4) is 0 Å². The maximum Gasteiger partial charge on any atom is 0.0343 e. The van der Waals surface area contributed by atoms with E-state index in [1.165, 1.54) is 16.0 Å². The van der Waals surface area contributed by atoms with E-state index in [1.807, 2.05) is 0 Å². The molecule has 1 nitrogen and oxygen atoms in total. The Morgan fingerprint density at radius 3 is 2.50 bits per heavy atom. The second-order valence-corrected chi connectivity index (χ2v) is 5.02. The van der Waals surface area contributed by atoms with Crippen LogP contribution in [0.1, 0.15) is 29.0 Å². The maximum atomic E-state index is 6.18. The van der Waals surface area contributed by atoms with Crippen LogP contribution in [0.2, 0.25) is 0 Å². The second kappa shape index (κ2) is 5.28. The number of benzene rings is 1. The van der Waals surface area contributed by atoms with Gasteiger partial charge in [-0.1, -0.05) is 37.3 Å². The lowest BCUT2D eigenvalue weighted by Crippen LogP contribution is -2.12. The maximum absolute atomic E-state index is 6.18. The topological polar surface area (TPSA) is 26.0 Å². The summed E-state index contributed by atoms with van der Waals surface area (Å²) in [4.78, 5) is 1.35. The van der Waals surface area contributed by atoms with Crippen molar-refractivity contribution < 1.29 is 0 Å². The molecule has 0 aliphatic rings. The van der Waals surface area contributed by atoms with E-state index in [4.69, 9.17) is 5.73 Å². The zero-order valence-corrected chi connectivity index (χ0v) is 10.3. The number of hydrogen-bond acceptors (Lipinski definition) is 2. The Bertz CT molecular complexity index is 417. The van der Waals surface area contributed by atoms with Gasteiger partial charge in [-0.2, -0.15) is 0 Å². The van der Waals surface area contributed by atoms with Crippen molar-refractivity contribution in [2.75, 3.05) is 0 Å². The molecule has 16 heavy (non-hydrogen) atoms. The quantitative estimate of drug-likeness (QED) is 0.855. The van der Waals surface area contributed by atoms with Gasteiger partial charge in [0.05, 0.1) is 0 Å². The Labute approximate surface area is 101 Å². The highest BCUT2D eigenvalue weighted by Gasteiger charge is 2.07. The fraction of sp³-hybridized carbons (Fsp3) is 0.286. The number of hydrogen-bond donors (Lipinski definition) is 1. The minimum Gasteiger partial charge on any atom is -0.324 e. The molecule has 1 atom stereocenters. The van der Waals surface area contributed by atoms with Crippen molar-refractivity contribution in [2.45, 2.75) is 25.8 Å². The van der Waals surface area contributed by atoms with Gasteiger partial charge in [0.25, 0.3) is 0 Å². The summed E-state index contributed by atoms with van der Waals surface area (Å²) >= 11 is 1.77. The van der Waals surface area contributed by atoms with E-state index in [1.54, 1.807) is 11.3 Å². The minimum atomic E-state index is 0.115. The van der Waals surface area contributed by atoms with Crippen molar-refractivity contribution in [3.05, 3.63) is 57.8 Å². The van der Waals surface area contributed by atoms with E-state index in [9.17, 15) is 0 Å². The molecule has 0 saturated carbocycles. The van der Waals surface area contributed by atoms with Crippen LogP contribution in [0.25, 0.3) is 0 Å². The van der Waals surface area contributed by atoms with Gasteiger partial charge in [-0.15, -0.1) is 11.3 Å². The summed E-state index contributed by atoms with van der Waals surface area (Å²) < 4.78 is 0. The fourth-order valence-corrected chi connectivity index (χ4v) is 2.53. The Kier molecular flexibility index (Phi) is 3.75. The number of nitrogens with two attached hydrogens (primary N) is 1. The predicted octanol–water partition coefficient (Wildman–Crippen LogP) is 3.55. The highest BCUT2D eigenvalue weighted by atomic mass is 32.1. The van der Waals surface area contributed by atoms with Crippen LogP contribution in [-0.2, 0) is 12.8 Å². The van der Waals surface area contributed by atoms with Crippen LogP contribution in [0.3, 0.4) is 0 Å². The van der Waals surface area contributed by atoms with Crippen molar-refractivity contribution in [2.24, 2.45) is 5.73 Å². The lowest BCUT2D eigenvalue weighted by molar-refractivity contribution is 0.729. The Hall–Kier alpha value is -1.12. The molecule has 2 N–H and O–H groups in total. The molecule has 1 unspecified atom stereocenters. The van der Waals surface area contributed by atoms with E-state index in [0.717, 1.165) is 12.8 Å². The Morgan fingerprint density at radius 2 is 1.94 bits per heavy atom. The third-order valence-corrected chi connectivity index (χ3v) is 3.72. The average molecular weight is 231 g/mol. The second-order valence-electron chi connectivity index (χ2n) is 3.99. The Morgan fingerprint density at radius 1 is 1.19 bits per heavy atom. The summed E-state index contributed by atoms with van der Waals surface area (Å²) in [7, 11) is 0. The molecule has 2 aromatic rings. The van der Waals surface area contributed by atoms with Crippen LogP contribution in [0.5, 0.6) is 0 Å². The number of aryl methyl sites for hydroxylation is 1. The molecule has 0 bridgehead atoms. The summed E-state index contributed by atoms with van der Waals surface area (Å²) in [5, 5.41) is 2.10. The lowest BCUT2D eigenvalue weighted by Gasteiger charge is -2.11. The smallest absolute Gasteiger partial charge is 0.0343 e. The first kappa shape index (κ1) is 11.4. The monoisotopic (exact) mass is 231 g/mol. The molecule has 1 heterocycles. The molecule has 0 radical (unpaired) electrons. The largest absolute Gasteiger partial charge is 0.324 e. The highest BCUT2D eigenvalue weighted by Crippen LogP contribution is 2.19. The summed E-state index contributed by atoms with van der Waals surface area (Å²) in [5.41, 5.74) is 8.78. The van der Waals surface area contributed by atoms with Crippen LogP contribution in [0, 0.1) is 0 Å². The van der Waals surface area contributed by atoms with Crippen molar-refractivity contribution in [3.63, 3.8) is 0 Å². The lowest BCUT2D eigenvalue weighted by atomic mass is 10.0. The van der Waals surface area contributed by atoms with E-state index in [2.05, 4.69) is 48.7 Å². The summed E-state index contributed by atoms with van der Waals surface area (Å²) in [5.74, 6) is 0. The van der Waals surface area contributed by atoms with Crippen LogP contribution in [0.15, 0.2) is 41.8 Å². The van der Waals surface area contributed by atoms with Gasteiger partial charge >= 0.3 is 0 Å². The Balaban J connectivity index is 2.05. The molecule has 84 valence electrons. The normalized spacial score (nSPS) is 12.6. The molecule has 0 aliphatic carbocycles. The molecule has 0 saturated heterocycles. The summed E-state index contributed by atoms with van der Waals surface area (Å²) in [6, 6.07) is 13.0. The number of thiophene rings is 1.